The van der Waals surface area contributed by atoms with Gasteiger partial charge in [-0.25, -0.2) is 4.39 Å². The summed E-state index contributed by atoms with van der Waals surface area (Å²) in [5.74, 6) is -0.647. The molecule has 110 valence electrons. The second kappa shape index (κ2) is 5.77. The van der Waals surface area contributed by atoms with Crippen molar-refractivity contribution in [3.8, 4) is 0 Å². The molecule has 2 aliphatic heterocycles. The molecule has 2 N–H and O–H groups in total. The van der Waals surface area contributed by atoms with Crippen LogP contribution in [0.5, 0.6) is 0 Å². The van der Waals surface area contributed by atoms with Crippen molar-refractivity contribution in [2.24, 2.45) is 5.73 Å². The van der Waals surface area contributed by atoms with Gasteiger partial charge in [-0.1, -0.05) is 6.07 Å². The van der Waals surface area contributed by atoms with E-state index in [1.54, 1.807) is 12.1 Å². The Morgan fingerprint density at radius 1 is 1.25 bits per heavy atom. The van der Waals surface area contributed by atoms with E-state index < -0.39 is 5.79 Å². The van der Waals surface area contributed by atoms with E-state index in [-0.39, 0.29) is 5.82 Å². The fraction of sp³-hybridized carbons (Fsp3) is 0.600. The lowest BCUT2D eigenvalue weighted by atomic mass is 10.0. The van der Waals surface area contributed by atoms with Crippen LogP contribution in [0.3, 0.4) is 0 Å². The van der Waals surface area contributed by atoms with Gasteiger partial charge in [0.1, 0.15) is 5.82 Å². The molecule has 2 heterocycles. The van der Waals surface area contributed by atoms with Crippen molar-refractivity contribution in [3.05, 3.63) is 35.1 Å². The summed E-state index contributed by atoms with van der Waals surface area (Å²) < 4.78 is 25.0. The summed E-state index contributed by atoms with van der Waals surface area (Å²) in [5.41, 5.74) is 7.69. The zero-order valence-electron chi connectivity index (χ0n) is 11.6. The molecule has 0 aliphatic carbocycles. The first kappa shape index (κ1) is 13.9. The maximum atomic E-state index is 13.4. The van der Waals surface area contributed by atoms with Gasteiger partial charge < -0.3 is 15.2 Å². The Bertz CT molecular complexity index is 475. The van der Waals surface area contributed by atoms with Gasteiger partial charge in [0, 0.05) is 19.5 Å². The van der Waals surface area contributed by atoms with Crippen LogP contribution in [0, 0.1) is 5.82 Å². The number of benzene rings is 1. The van der Waals surface area contributed by atoms with Gasteiger partial charge in [-0.2, -0.15) is 0 Å². The lowest BCUT2D eigenvalue weighted by Gasteiger charge is -2.38. The highest BCUT2D eigenvalue weighted by atomic mass is 19.1. The molecule has 0 atom stereocenters. The van der Waals surface area contributed by atoms with Crippen LogP contribution >= 0.6 is 0 Å². The van der Waals surface area contributed by atoms with E-state index in [0.29, 0.717) is 26.3 Å². The molecule has 0 amide bonds. The lowest BCUT2D eigenvalue weighted by Crippen LogP contribution is -2.48. The molecule has 2 aliphatic rings. The van der Waals surface area contributed by atoms with Crippen molar-refractivity contribution in [2.45, 2.75) is 31.7 Å². The maximum absolute atomic E-state index is 13.4. The van der Waals surface area contributed by atoms with Crippen molar-refractivity contribution < 1.29 is 13.9 Å². The molecule has 2 fully saturated rings. The van der Waals surface area contributed by atoms with Gasteiger partial charge in [0.05, 0.1) is 19.8 Å². The molecular formula is C15H21FN2O2. The van der Waals surface area contributed by atoms with Crippen molar-refractivity contribution in [1.82, 2.24) is 4.90 Å². The Morgan fingerprint density at radius 3 is 2.80 bits per heavy atom. The van der Waals surface area contributed by atoms with E-state index in [2.05, 4.69) is 4.90 Å². The molecule has 0 bridgehead atoms. The number of hydrogen-bond donors (Lipinski definition) is 1. The average molecular weight is 280 g/mol. The second-order valence-electron chi connectivity index (χ2n) is 5.54. The minimum absolute atomic E-state index is 0.211. The van der Waals surface area contributed by atoms with Gasteiger partial charge in [-0.3, -0.25) is 4.90 Å². The number of hydrogen-bond acceptors (Lipinski definition) is 4. The fourth-order valence-electron chi connectivity index (χ4n) is 3.12. The molecule has 1 spiro atoms. The lowest BCUT2D eigenvalue weighted by molar-refractivity contribution is -0.190. The number of ether oxygens (including phenoxy) is 2. The summed E-state index contributed by atoms with van der Waals surface area (Å²) in [4.78, 5) is 2.27. The van der Waals surface area contributed by atoms with Gasteiger partial charge in [0.15, 0.2) is 5.79 Å². The minimum atomic E-state index is -0.436. The van der Waals surface area contributed by atoms with E-state index in [0.717, 1.165) is 37.1 Å². The first-order valence-corrected chi connectivity index (χ1v) is 7.18. The summed E-state index contributed by atoms with van der Waals surface area (Å²) in [7, 11) is 0. The highest BCUT2D eigenvalue weighted by Gasteiger charge is 2.40. The largest absolute Gasteiger partial charge is 0.346 e. The molecular weight excluding hydrogens is 259 g/mol. The molecule has 3 rings (SSSR count). The third-order valence-corrected chi connectivity index (χ3v) is 4.09. The van der Waals surface area contributed by atoms with Crippen LogP contribution in [0.4, 0.5) is 4.39 Å². The minimum Gasteiger partial charge on any atom is -0.346 e. The highest BCUT2D eigenvalue weighted by molar-refractivity contribution is 5.27. The van der Waals surface area contributed by atoms with Crippen molar-refractivity contribution >= 4 is 0 Å². The molecule has 0 radical (unpaired) electrons. The summed E-state index contributed by atoms with van der Waals surface area (Å²) >= 11 is 0. The Kier molecular flexibility index (Phi) is 4.03. The number of piperidine rings is 1. The van der Waals surface area contributed by atoms with Crippen LogP contribution < -0.4 is 5.73 Å². The number of rotatable bonds is 3. The van der Waals surface area contributed by atoms with Crippen molar-refractivity contribution in [3.63, 3.8) is 0 Å². The van der Waals surface area contributed by atoms with Crippen molar-refractivity contribution in [2.75, 3.05) is 26.3 Å². The second-order valence-corrected chi connectivity index (χ2v) is 5.54. The van der Waals surface area contributed by atoms with Crippen LogP contribution in [0.1, 0.15) is 24.0 Å². The predicted molar refractivity (Wildman–Crippen MR) is 73.4 cm³/mol. The summed E-state index contributed by atoms with van der Waals surface area (Å²) in [6.45, 7) is 4.19. The quantitative estimate of drug-likeness (QED) is 0.914. The van der Waals surface area contributed by atoms with Crippen LogP contribution in [0.25, 0.3) is 0 Å². The fourth-order valence-corrected chi connectivity index (χ4v) is 3.12. The van der Waals surface area contributed by atoms with Crippen LogP contribution in [0.2, 0.25) is 0 Å². The number of nitrogens with two attached hydrogens (primary N) is 1. The molecule has 0 aromatic heterocycles. The van der Waals surface area contributed by atoms with Crippen LogP contribution in [-0.4, -0.2) is 37.0 Å². The topological polar surface area (TPSA) is 47.7 Å². The van der Waals surface area contributed by atoms with Gasteiger partial charge in [0.2, 0.25) is 0 Å². The third kappa shape index (κ3) is 2.86. The van der Waals surface area contributed by atoms with E-state index in [9.17, 15) is 4.39 Å². The SMILES string of the molecule is NCc1ccc(F)cc1CN1CCCC2(C1)OCCO2. The zero-order valence-corrected chi connectivity index (χ0v) is 11.6. The standard InChI is InChI=1S/C15H21FN2O2/c16-14-3-2-12(9-17)13(8-14)10-18-5-1-4-15(11-18)19-6-7-20-15/h2-3,8H,1,4-7,9-11,17H2. The molecule has 2 saturated heterocycles. The first-order valence-electron chi connectivity index (χ1n) is 7.18. The van der Waals surface area contributed by atoms with Gasteiger partial charge in [-0.05, 0) is 36.2 Å². The molecule has 0 unspecified atom stereocenters. The molecule has 1 aromatic carbocycles. The van der Waals surface area contributed by atoms with E-state index in [1.165, 1.54) is 6.07 Å². The number of likely N-dealkylation sites (tertiary alicyclic amines) is 1. The zero-order chi connectivity index (χ0) is 14.0. The van der Waals surface area contributed by atoms with E-state index >= 15 is 0 Å². The van der Waals surface area contributed by atoms with E-state index in [4.69, 9.17) is 15.2 Å². The third-order valence-electron chi connectivity index (χ3n) is 4.09. The van der Waals surface area contributed by atoms with Gasteiger partial charge in [0.25, 0.3) is 0 Å². The average Bonchev–Trinajstić information content (AvgIpc) is 2.87. The van der Waals surface area contributed by atoms with Crippen molar-refractivity contribution in [1.29, 1.82) is 0 Å². The first-order chi connectivity index (χ1) is 9.71. The molecule has 4 nitrogen and oxygen atoms in total. The Balaban J connectivity index is 1.72. The molecule has 1 aromatic rings. The highest BCUT2D eigenvalue weighted by Crippen LogP contribution is 2.31. The molecule has 5 heteroatoms. The summed E-state index contributed by atoms with van der Waals surface area (Å²) in [6, 6.07) is 4.82. The van der Waals surface area contributed by atoms with Crippen LogP contribution in [0.15, 0.2) is 18.2 Å². The Morgan fingerprint density at radius 2 is 2.05 bits per heavy atom. The monoisotopic (exact) mass is 280 g/mol. The predicted octanol–water partition coefficient (Wildman–Crippen LogP) is 1.62. The summed E-state index contributed by atoms with van der Waals surface area (Å²) in [5, 5.41) is 0. The van der Waals surface area contributed by atoms with Crippen LogP contribution in [-0.2, 0) is 22.6 Å². The molecule has 0 saturated carbocycles. The molecule has 20 heavy (non-hydrogen) atoms. The van der Waals surface area contributed by atoms with Gasteiger partial charge in [-0.15, -0.1) is 0 Å². The van der Waals surface area contributed by atoms with E-state index in [1.807, 2.05) is 0 Å². The normalized spacial score (nSPS) is 22.5. The number of nitrogens with zero attached hydrogens (tertiary/aromatic N) is 1. The maximum Gasteiger partial charge on any atom is 0.181 e. The smallest absolute Gasteiger partial charge is 0.181 e. The number of halogens is 1. The Labute approximate surface area is 118 Å². The summed E-state index contributed by atoms with van der Waals surface area (Å²) in [6.07, 6.45) is 1.98. The van der Waals surface area contributed by atoms with Gasteiger partial charge >= 0.3 is 0 Å². The Hall–Kier alpha value is -1.01.